The van der Waals surface area contributed by atoms with E-state index >= 15 is 0 Å². The molecule has 0 aliphatic carbocycles. The quantitative estimate of drug-likeness (QED) is 0.769. The van der Waals surface area contributed by atoms with Crippen molar-refractivity contribution in [2.75, 3.05) is 13.1 Å². The highest BCUT2D eigenvalue weighted by Crippen LogP contribution is 2.23. The fourth-order valence-electron chi connectivity index (χ4n) is 3.64. The van der Waals surface area contributed by atoms with E-state index < -0.39 is 0 Å². The minimum Gasteiger partial charge on any atom is -0.459 e. The SMILES string of the molecule is Cc1ccoc1C(=O)N1CCC(Cc2n[nH]c(=O)n2-c2ccccc2)CC1. The van der Waals surface area contributed by atoms with Gasteiger partial charge in [-0.1, -0.05) is 18.2 Å². The fraction of sp³-hybridized carbons (Fsp3) is 0.350. The van der Waals surface area contributed by atoms with Crippen molar-refractivity contribution in [1.82, 2.24) is 19.7 Å². The van der Waals surface area contributed by atoms with Gasteiger partial charge in [0.1, 0.15) is 5.82 Å². The Morgan fingerprint density at radius 1 is 1.22 bits per heavy atom. The molecule has 1 saturated heterocycles. The highest BCUT2D eigenvalue weighted by atomic mass is 16.3. The molecule has 0 unspecified atom stereocenters. The molecule has 0 spiro atoms. The molecule has 1 fully saturated rings. The highest BCUT2D eigenvalue weighted by Gasteiger charge is 2.27. The van der Waals surface area contributed by atoms with E-state index in [4.69, 9.17) is 4.42 Å². The second kappa shape index (κ2) is 7.26. The first-order chi connectivity index (χ1) is 13.1. The topological polar surface area (TPSA) is 84.1 Å². The number of amides is 1. The van der Waals surface area contributed by atoms with E-state index in [2.05, 4.69) is 10.2 Å². The highest BCUT2D eigenvalue weighted by molar-refractivity contribution is 5.92. The zero-order valence-corrected chi connectivity index (χ0v) is 15.2. The Kier molecular flexibility index (Phi) is 4.66. The van der Waals surface area contributed by atoms with Crippen molar-refractivity contribution in [2.45, 2.75) is 26.2 Å². The summed E-state index contributed by atoms with van der Waals surface area (Å²) in [5, 5.41) is 6.78. The molecular weight excluding hydrogens is 344 g/mol. The number of aromatic amines is 1. The molecule has 1 aliphatic rings. The van der Waals surface area contributed by atoms with E-state index in [1.54, 1.807) is 16.9 Å². The second-order valence-corrected chi connectivity index (χ2v) is 6.99. The number of furan rings is 1. The van der Waals surface area contributed by atoms with Crippen LogP contribution in [0.2, 0.25) is 0 Å². The van der Waals surface area contributed by atoms with Gasteiger partial charge < -0.3 is 9.32 Å². The summed E-state index contributed by atoms with van der Waals surface area (Å²) < 4.78 is 6.95. The Balaban J connectivity index is 1.43. The molecule has 0 saturated carbocycles. The fourth-order valence-corrected chi connectivity index (χ4v) is 3.64. The first-order valence-electron chi connectivity index (χ1n) is 9.18. The third-order valence-electron chi connectivity index (χ3n) is 5.19. The van der Waals surface area contributed by atoms with Crippen LogP contribution in [0.3, 0.4) is 0 Å². The summed E-state index contributed by atoms with van der Waals surface area (Å²) in [7, 11) is 0. The molecule has 1 N–H and O–H groups in total. The number of carbonyl (C=O) groups excluding carboxylic acids is 1. The van der Waals surface area contributed by atoms with Gasteiger partial charge in [-0.25, -0.2) is 14.5 Å². The lowest BCUT2D eigenvalue weighted by Crippen LogP contribution is -2.39. The lowest BCUT2D eigenvalue weighted by Gasteiger charge is -2.31. The Morgan fingerprint density at radius 2 is 1.96 bits per heavy atom. The molecule has 0 atom stereocenters. The molecule has 7 nitrogen and oxygen atoms in total. The number of carbonyl (C=O) groups is 1. The van der Waals surface area contributed by atoms with Crippen LogP contribution in [0, 0.1) is 12.8 Å². The van der Waals surface area contributed by atoms with Crippen LogP contribution in [-0.2, 0) is 6.42 Å². The van der Waals surface area contributed by atoms with E-state index in [1.807, 2.05) is 42.2 Å². The molecule has 0 bridgehead atoms. The van der Waals surface area contributed by atoms with Crippen LogP contribution in [0.25, 0.3) is 5.69 Å². The molecule has 3 heterocycles. The van der Waals surface area contributed by atoms with Crippen LogP contribution < -0.4 is 5.69 Å². The number of aryl methyl sites for hydroxylation is 1. The molecule has 3 aromatic rings. The Hall–Kier alpha value is -3.09. The summed E-state index contributed by atoms with van der Waals surface area (Å²) in [6.45, 7) is 3.25. The van der Waals surface area contributed by atoms with Crippen molar-refractivity contribution >= 4 is 5.91 Å². The molecule has 1 aromatic carbocycles. The number of aromatic nitrogens is 3. The third kappa shape index (κ3) is 3.45. The van der Waals surface area contributed by atoms with Crippen molar-refractivity contribution in [2.24, 2.45) is 5.92 Å². The molecule has 27 heavy (non-hydrogen) atoms. The normalized spacial score (nSPS) is 15.2. The molecule has 140 valence electrons. The number of likely N-dealkylation sites (tertiary alicyclic amines) is 1. The van der Waals surface area contributed by atoms with Gasteiger partial charge in [-0.05, 0) is 43.9 Å². The number of hydrogen-bond donors (Lipinski definition) is 1. The van der Waals surface area contributed by atoms with E-state index in [9.17, 15) is 9.59 Å². The molecule has 4 rings (SSSR count). The monoisotopic (exact) mass is 366 g/mol. The van der Waals surface area contributed by atoms with E-state index in [0.29, 0.717) is 31.2 Å². The van der Waals surface area contributed by atoms with Crippen molar-refractivity contribution in [3.8, 4) is 5.69 Å². The maximum Gasteiger partial charge on any atom is 0.347 e. The summed E-state index contributed by atoms with van der Waals surface area (Å²) in [6, 6.07) is 11.3. The number of para-hydroxylation sites is 1. The van der Waals surface area contributed by atoms with Crippen molar-refractivity contribution in [1.29, 1.82) is 0 Å². The first kappa shape index (κ1) is 17.3. The summed E-state index contributed by atoms with van der Waals surface area (Å²) in [6.07, 6.45) is 4.01. The van der Waals surface area contributed by atoms with E-state index in [1.165, 1.54) is 0 Å². The van der Waals surface area contributed by atoms with Crippen LogP contribution in [-0.4, -0.2) is 38.7 Å². The van der Waals surface area contributed by atoms with Crippen LogP contribution in [0.4, 0.5) is 0 Å². The molecule has 0 radical (unpaired) electrons. The molecule has 7 heteroatoms. The molecular formula is C20H22N4O3. The summed E-state index contributed by atoms with van der Waals surface area (Å²) in [4.78, 5) is 26.6. The Bertz CT molecular complexity index is 978. The number of benzene rings is 1. The third-order valence-corrected chi connectivity index (χ3v) is 5.19. The average Bonchev–Trinajstić information content (AvgIpc) is 3.28. The number of nitrogens with one attached hydrogen (secondary N) is 1. The minimum atomic E-state index is -0.225. The van der Waals surface area contributed by atoms with Crippen LogP contribution >= 0.6 is 0 Å². The number of piperidine rings is 1. The van der Waals surface area contributed by atoms with Crippen molar-refractivity contribution in [3.63, 3.8) is 0 Å². The molecule has 2 aromatic heterocycles. The van der Waals surface area contributed by atoms with Gasteiger partial charge in [0.15, 0.2) is 5.76 Å². The lowest BCUT2D eigenvalue weighted by molar-refractivity contribution is 0.0656. The second-order valence-electron chi connectivity index (χ2n) is 6.99. The van der Waals surface area contributed by atoms with Gasteiger partial charge in [-0.15, -0.1) is 0 Å². The van der Waals surface area contributed by atoms with E-state index in [-0.39, 0.29) is 11.6 Å². The van der Waals surface area contributed by atoms with Crippen molar-refractivity contribution in [3.05, 3.63) is 70.3 Å². The Labute approximate surface area is 156 Å². The van der Waals surface area contributed by atoms with Gasteiger partial charge in [-0.3, -0.25) is 4.79 Å². The van der Waals surface area contributed by atoms with Crippen molar-refractivity contribution < 1.29 is 9.21 Å². The smallest absolute Gasteiger partial charge is 0.347 e. The van der Waals surface area contributed by atoms with Crippen LogP contribution in [0.1, 0.15) is 34.8 Å². The maximum atomic E-state index is 12.6. The number of H-pyrrole nitrogens is 1. The number of hydrogen-bond acceptors (Lipinski definition) is 4. The zero-order chi connectivity index (χ0) is 18.8. The molecule has 1 aliphatic heterocycles. The van der Waals surface area contributed by atoms with Gasteiger partial charge in [0, 0.05) is 25.1 Å². The standard InChI is InChI=1S/C20H22N4O3/c1-14-9-12-27-18(14)19(25)23-10-7-15(8-11-23)13-17-21-22-20(26)24(17)16-5-3-2-4-6-16/h2-6,9,12,15H,7-8,10-11,13H2,1H3,(H,22,26). The lowest BCUT2D eigenvalue weighted by atomic mass is 9.93. The Morgan fingerprint density at radius 3 is 2.63 bits per heavy atom. The van der Waals surface area contributed by atoms with Gasteiger partial charge in [0.05, 0.1) is 12.0 Å². The summed E-state index contributed by atoms with van der Waals surface area (Å²) in [5.74, 6) is 1.50. The zero-order valence-electron chi connectivity index (χ0n) is 15.2. The minimum absolute atomic E-state index is 0.0445. The largest absolute Gasteiger partial charge is 0.459 e. The average molecular weight is 366 g/mol. The first-order valence-corrected chi connectivity index (χ1v) is 9.18. The van der Waals surface area contributed by atoms with Gasteiger partial charge in [0.2, 0.25) is 0 Å². The van der Waals surface area contributed by atoms with Crippen LogP contribution in [0.5, 0.6) is 0 Å². The van der Waals surface area contributed by atoms with Gasteiger partial charge in [0.25, 0.3) is 5.91 Å². The van der Waals surface area contributed by atoms with Gasteiger partial charge >= 0.3 is 5.69 Å². The summed E-state index contributed by atoms with van der Waals surface area (Å²) >= 11 is 0. The number of rotatable bonds is 4. The predicted octanol–water partition coefficient (Wildman–Crippen LogP) is 2.56. The van der Waals surface area contributed by atoms with Gasteiger partial charge in [-0.2, -0.15) is 5.10 Å². The van der Waals surface area contributed by atoms with E-state index in [0.717, 1.165) is 29.9 Å². The molecule has 1 amide bonds. The van der Waals surface area contributed by atoms with Crippen LogP contribution in [0.15, 0.2) is 51.9 Å². The maximum absolute atomic E-state index is 12.6. The predicted molar refractivity (Wildman–Crippen MR) is 100.0 cm³/mol. The number of nitrogens with zero attached hydrogens (tertiary/aromatic N) is 3. The summed E-state index contributed by atoms with van der Waals surface area (Å²) in [5.41, 5.74) is 1.45.